The first-order chi connectivity index (χ1) is 12.5. The Kier molecular flexibility index (Phi) is 6.29. The normalized spacial score (nSPS) is 16.2. The number of hydrogen-bond acceptors (Lipinski definition) is 5. The number of nitrogens with one attached hydrogen (secondary N) is 1. The van der Waals surface area contributed by atoms with Gasteiger partial charge in [-0.2, -0.15) is 0 Å². The van der Waals surface area contributed by atoms with E-state index in [0.29, 0.717) is 12.4 Å². The van der Waals surface area contributed by atoms with Gasteiger partial charge in [-0.1, -0.05) is 42.7 Å². The van der Waals surface area contributed by atoms with Gasteiger partial charge in [0.2, 0.25) is 11.8 Å². The van der Waals surface area contributed by atoms with Crippen molar-refractivity contribution in [3.05, 3.63) is 46.6 Å². The second-order valence-corrected chi connectivity index (χ2v) is 7.44. The molecule has 2 aromatic rings. The molecular weight excluding hydrogens is 352 g/mol. The number of aromatic nitrogens is 1. The van der Waals surface area contributed by atoms with Gasteiger partial charge in [-0.05, 0) is 23.6 Å². The van der Waals surface area contributed by atoms with Crippen molar-refractivity contribution in [3.8, 4) is 0 Å². The molecule has 0 radical (unpaired) electrons. The maximum absolute atomic E-state index is 12.2. The minimum Gasteiger partial charge on any atom is -0.338 e. The SMILES string of the molecule is CC(C)c1cc(NC(=O)CN2CCN(Cc3cccc(Cl)c3)CC2)on1. The number of anilines is 1. The Morgan fingerprint density at radius 3 is 2.62 bits per heavy atom. The van der Waals surface area contributed by atoms with Crippen LogP contribution in [0.15, 0.2) is 34.9 Å². The molecule has 7 heteroatoms. The zero-order chi connectivity index (χ0) is 18.5. The van der Waals surface area contributed by atoms with Crippen molar-refractivity contribution >= 4 is 23.4 Å². The lowest BCUT2D eigenvalue weighted by atomic mass is 10.1. The second kappa shape index (κ2) is 8.66. The molecule has 1 aliphatic rings. The molecule has 1 aromatic heterocycles. The van der Waals surface area contributed by atoms with Gasteiger partial charge in [0.1, 0.15) is 0 Å². The van der Waals surface area contributed by atoms with Crippen molar-refractivity contribution in [1.82, 2.24) is 15.0 Å². The smallest absolute Gasteiger partial charge is 0.240 e. The number of hydrogen-bond donors (Lipinski definition) is 1. The molecule has 0 spiro atoms. The third kappa shape index (κ3) is 5.30. The average molecular weight is 377 g/mol. The summed E-state index contributed by atoms with van der Waals surface area (Å²) >= 11 is 6.04. The molecule has 0 bridgehead atoms. The zero-order valence-corrected chi connectivity index (χ0v) is 16.0. The number of carbonyl (C=O) groups excluding carboxylic acids is 1. The summed E-state index contributed by atoms with van der Waals surface area (Å²) < 4.78 is 5.16. The minimum absolute atomic E-state index is 0.0697. The minimum atomic E-state index is -0.0697. The van der Waals surface area contributed by atoms with Gasteiger partial charge in [-0.25, -0.2) is 0 Å². The van der Waals surface area contributed by atoms with E-state index < -0.39 is 0 Å². The quantitative estimate of drug-likeness (QED) is 0.838. The number of halogens is 1. The average Bonchev–Trinajstić information content (AvgIpc) is 3.05. The Morgan fingerprint density at radius 1 is 1.23 bits per heavy atom. The summed E-state index contributed by atoms with van der Waals surface area (Å²) in [5.41, 5.74) is 2.06. The van der Waals surface area contributed by atoms with Crippen LogP contribution in [0.5, 0.6) is 0 Å². The van der Waals surface area contributed by atoms with Crippen LogP contribution in [0.25, 0.3) is 0 Å². The number of rotatable bonds is 6. The highest BCUT2D eigenvalue weighted by atomic mass is 35.5. The maximum atomic E-state index is 12.2. The van der Waals surface area contributed by atoms with E-state index in [0.717, 1.165) is 43.4 Å². The summed E-state index contributed by atoms with van der Waals surface area (Å²) in [7, 11) is 0. The summed E-state index contributed by atoms with van der Waals surface area (Å²) in [4.78, 5) is 16.7. The van der Waals surface area contributed by atoms with Gasteiger partial charge in [0.25, 0.3) is 0 Å². The summed E-state index contributed by atoms with van der Waals surface area (Å²) in [6.07, 6.45) is 0. The summed E-state index contributed by atoms with van der Waals surface area (Å²) in [6, 6.07) is 9.75. The summed E-state index contributed by atoms with van der Waals surface area (Å²) in [5, 5.41) is 7.51. The molecule has 1 aliphatic heterocycles. The van der Waals surface area contributed by atoms with E-state index in [4.69, 9.17) is 16.1 Å². The van der Waals surface area contributed by atoms with Crippen LogP contribution in [0.3, 0.4) is 0 Å². The standard InChI is InChI=1S/C19H25ClN4O2/c1-14(2)17-11-19(26-22-17)21-18(25)13-24-8-6-23(7-9-24)12-15-4-3-5-16(20)10-15/h3-5,10-11,14H,6-9,12-13H2,1-2H3,(H,21,25). The summed E-state index contributed by atoms with van der Waals surface area (Å²) in [5.74, 6) is 0.620. The third-order valence-corrected chi connectivity index (χ3v) is 4.74. The first kappa shape index (κ1) is 18.9. The van der Waals surface area contributed by atoms with Crippen molar-refractivity contribution in [2.45, 2.75) is 26.3 Å². The lowest BCUT2D eigenvalue weighted by molar-refractivity contribution is -0.117. The van der Waals surface area contributed by atoms with Crippen LogP contribution < -0.4 is 5.32 Å². The molecule has 1 fully saturated rings. The van der Waals surface area contributed by atoms with Gasteiger partial charge in [0, 0.05) is 43.8 Å². The van der Waals surface area contributed by atoms with Crippen LogP contribution >= 0.6 is 11.6 Å². The second-order valence-electron chi connectivity index (χ2n) is 7.00. The van der Waals surface area contributed by atoms with Crippen LogP contribution in [-0.4, -0.2) is 53.6 Å². The van der Waals surface area contributed by atoms with Crippen LogP contribution in [0.4, 0.5) is 5.88 Å². The Balaban J connectivity index is 1.42. The molecule has 6 nitrogen and oxygen atoms in total. The van der Waals surface area contributed by atoms with E-state index >= 15 is 0 Å². The van der Waals surface area contributed by atoms with E-state index in [1.165, 1.54) is 5.56 Å². The molecule has 2 heterocycles. The fraction of sp³-hybridized carbons (Fsp3) is 0.474. The molecule has 0 unspecified atom stereocenters. The number of amides is 1. The Labute approximate surface area is 159 Å². The van der Waals surface area contributed by atoms with Crippen molar-refractivity contribution in [3.63, 3.8) is 0 Å². The molecule has 26 heavy (non-hydrogen) atoms. The lowest BCUT2D eigenvalue weighted by Crippen LogP contribution is -2.48. The van der Waals surface area contributed by atoms with E-state index in [1.807, 2.05) is 32.0 Å². The molecule has 0 atom stereocenters. The number of benzene rings is 1. The van der Waals surface area contributed by atoms with Crippen molar-refractivity contribution < 1.29 is 9.32 Å². The van der Waals surface area contributed by atoms with Crippen molar-refractivity contribution in [1.29, 1.82) is 0 Å². The van der Waals surface area contributed by atoms with E-state index in [-0.39, 0.29) is 11.8 Å². The van der Waals surface area contributed by atoms with Crippen LogP contribution in [0.2, 0.25) is 5.02 Å². The van der Waals surface area contributed by atoms with Gasteiger partial charge in [-0.15, -0.1) is 0 Å². The molecule has 0 aliphatic carbocycles. The fourth-order valence-electron chi connectivity index (χ4n) is 3.00. The Hall–Kier alpha value is -1.89. The van der Waals surface area contributed by atoms with Gasteiger partial charge in [0.15, 0.2) is 0 Å². The van der Waals surface area contributed by atoms with E-state index in [9.17, 15) is 4.79 Å². The van der Waals surface area contributed by atoms with Gasteiger partial charge < -0.3 is 4.52 Å². The molecule has 1 aromatic carbocycles. The monoisotopic (exact) mass is 376 g/mol. The predicted octanol–water partition coefficient (Wildman–Crippen LogP) is 3.21. The van der Waals surface area contributed by atoms with E-state index in [2.05, 4.69) is 26.3 Å². The zero-order valence-electron chi connectivity index (χ0n) is 15.2. The predicted molar refractivity (Wildman–Crippen MR) is 102 cm³/mol. The van der Waals surface area contributed by atoms with Crippen LogP contribution in [0.1, 0.15) is 31.0 Å². The van der Waals surface area contributed by atoms with Crippen LogP contribution in [-0.2, 0) is 11.3 Å². The Morgan fingerprint density at radius 2 is 1.96 bits per heavy atom. The topological polar surface area (TPSA) is 61.6 Å². The highest BCUT2D eigenvalue weighted by Crippen LogP contribution is 2.17. The molecule has 1 N–H and O–H groups in total. The molecular formula is C19H25ClN4O2. The number of nitrogens with zero attached hydrogens (tertiary/aromatic N) is 3. The molecule has 3 rings (SSSR count). The molecule has 1 amide bonds. The number of piperazine rings is 1. The first-order valence-corrected chi connectivity index (χ1v) is 9.33. The highest BCUT2D eigenvalue weighted by Gasteiger charge is 2.20. The van der Waals surface area contributed by atoms with Gasteiger partial charge >= 0.3 is 0 Å². The van der Waals surface area contributed by atoms with Gasteiger partial charge in [-0.3, -0.25) is 19.9 Å². The number of carbonyl (C=O) groups is 1. The third-order valence-electron chi connectivity index (χ3n) is 4.51. The molecule has 140 valence electrons. The lowest BCUT2D eigenvalue weighted by Gasteiger charge is -2.34. The first-order valence-electron chi connectivity index (χ1n) is 8.95. The summed E-state index contributed by atoms with van der Waals surface area (Å²) in [6.45, 7) is 8.90. The maximum Gasteiger partial charge on any atom is 0.240 e. The van der Waals surface area contributed by atoms with Crippen molar-refractivity contribution in [2.24, 2.45) is 0 Å². The largest absolute Gasteiger partial charge is 0.338 e. The van der Waals surface area contributed by atoms with Crippen molar-refractivity contribution in [2.75, 3.05) is 38.0 Å². The molecule has 1 saturated heterocycles. The van der Waals surface area contributed by atoms with Crippen LogP contribution in [0, 0.1) is 0 Å². The fourth-order valence-corrected chi connectivity index (χ4v) is 3.21. The van der Waals surface area contributed by atoms with E-state index in [1.54, 1.807) is 6.07 Å². The Bertz CT molecular complexity index is 739. The molecule has 0 saturated carbocycles. The van der Waals surface area contributed by atoms with Gasteiger partial charge in [0.05, 0.1) is 12.2 Å². The highest BCUT2D eigenvalue weighted by molar-refractivity contribution is 6.30.